The van der Waals surface area contributed by atoms with Crippen LogP contribution in [-0.2, 0) is 7.05 Å². The van der Waals surface area contributed by atoms with Gasteiger partial charge in [0.15, 0.2) is 0 Å². The zero-order valence-corrected chi connectivity index (χ0v) is 9.10. The van der Waals surface area contributed by atoms with Gasteiger partial charge in [-0.3, -0.25) is 9.48 Å². The van der Waals surface area contributed by atoms with Crippen LogP contribution in [0.3, 0.4) is 0 Å². The summed E-state index contributed by atoms with van der Waals surface area (Å²) in [5.74, 6) is 0.0320. The highest BCUT2D eigenvalue weighted by atomic mass is 16.2. The lowest BCUT2D eigenvalue weighted by atomic mass is 10.2. The second kappa shape index (κ2) is 4.02. The number of aryl methyl sites for hydroxylation is 1. The molecule has 1 aliphatic rings. The summed E-state index contributed by atoms with van der Waals surface area (Å²) in [5, 5.41) is 7.38. The molecule has 2 heterocycles. The molecule has 1 unspecified atom stereocenters. The van der Waals surface area contributed by atoms with Crippen LogP contribution in [0, 0.1) is 0 Å². The first kappa shape index (κ1) is 10.2. The maximum absolute atomic E-state index is 12.0. The number of nitrogens with one attached hydrogen (secondary N) is 1. The summed E-state index contributed by atoms with van der Waals surface area (Å²) in [6.45, 7) is 4.53. The van der Waals surface area contributed by atoms with Crippen LogP contribution < -0.4 is 5.32 Å². The largest absolute Gasteiger partial charge is 0.332 e. The van der Waals surface area contributed by atoms with E-state index in [1.165, 1.54) is 0 Å². The Hall–Kier alpha value is -1.36. The summed E-state index contributed by atoms with van der Waals surface area (Å²) in [6, 6.07) is 2.00. The first-order valence-electron chi connectivity index (χ1n) is 5.20. The molecule has 1 amide bonds. The number of rotatable bonds is 1. The molecule has 0 spiro atoms. The van der Waals surface area contributed by atoms with Crippen molar-refractivity contribution in [2.24, 2.45) is 7.05 Å². The molecule has 15 heavy (non-hydrogen) atoms. The second-order valence-corrected chi connectivity index (χ2v) is 3.93. The lowest BCUT2D eigenvalue weighted by molar-refractivity contribution is 0.0649. The van der Waals surface area contributed by atoms with Crippen LogP contribution in [0.4, 0.5) is 0 Å². The molecular weight excluding hydrogens is 192 g/mol. The minimum absolute atomic E-state index is 0.0320. The van der Waals surface area contributed by atoms with Crippen molar-refractivity contribution in [3.63, 3.8) is 0 Å². The van der Waals surface area contributed by atoms with E-state index in [-0.39, 0.29) is 11.9 Å². The van der Waals surface area contributed by atoms with Crippen molar-refractivity contribution >= 4 is 5.91 Å². The zero-order chi connectivity index (χ0) is 10.8. The zero-order valence-electron chi connectivity index (χ0n) is 9.10. The number of aromatic nitrogens is 2. The topological polar surface area (TPSA) is 50.2 Å². The molecule has 1 aromatic heterocycles. The molecule has 1 N–H and O–H groups in total. The number of amides is 1. The first-order valence-corrected chi connectivity index (χ1v) is 5.20. The predicted molar refractivity (Wildman–Crippen MR) is 56.6 cm³/mol. The molecule has 0 bridgehead atoms. The Morgan fingerprint density at radius 1 is 1.67 bits per heavy atom. The minimum Gasteiger partial charge on any atom is -0.332 e. The molecule has 0 aromatic carbocycles. The Bertz CT molecular complexity index is 360. The van der Waals surface area contributed by atoms with Gasteiger partial charge in [-0.15, -0.1) is 0 Å². The lowest BCUT2D eigenvalue weighted by Crippen LogP contribution is -2.52. The molecule has 1 saturated heterocycles. The van der Waals surface area contributed by atoms with Crippen LogP contribution in [0.1, 0.15) is 17.4 Å². The number of hydrogen-bond acceptors (Lipinski definition) is 3. The number of nitrogens with zero attached hydrogens (tertiary/aromatic N) is 3. The van der Waals surface area contributed by atoms with Gasteiger partial charge < -0.3 is 10.2 Å². The SMILES string of the molecule is CC1CNCCN1C(=O)c1ccn(C)n1. The van der Waals surface area contributed by atoms with Gasteiger partial charge in [-0.1, -0.05) is 0 Å². The lowest BCUT2D eigenvalue weighted by Gasteiger charge is -2.33. The minimum atomic E-state index is 0.0320. The Morgan fingerprint density at radius 2 is 2.47 bits per heavy atom. The predicted octanol–water partition coefficient (Wildman–Crippen LogP) is -0.146. The Balaban J connectivity index is 2.13. The first-order chi connectivity index (χ1) is 7.18. The summed E-state index contributed by atoms with van der Waals surface area (Å²) in [4.78, 5) is 13.9. The van der Waals surface area contributed by atoms with E-state index < -0.39 is 0 Å². The van der Waals surface area contributed by atoms with Crippen LogP contribution in [0.2, 0.25) is 0 Å². The van der Waals surface area contributed by atoms with Crippen LogP contribution in [-0.4, -0.2) is 46.3 Å². The van der Waals surface area contributed by atoms with Crippen molar-refractivity contribution in [2.45, 2.75) is 13.0 Å². The van der Waals surface area contributed by atoms with Gasteiger partial charge in [0.2, 0.25) is 0 Å². The Kier molecular flexibility index (Phi) is 2.73. The summed E-state index contributed by atoms with van der Waals surface area (Å²) in [5.41, 5.74) is 0.534. The highest BCUT2D eigenvalue weighted by Crippen LogP contribution is 2.08. The third-order valence-electron chi connectivity index (χ3n) is 2.69. The van der Waals surface area contributed by atoms with E-state index in [0.29, 0.717) is 5.69 Å². The number of carbonyl (C=O) groups is 1. The van der Waals surface area contributed by atoms with Crippen molar-refractivity contribution in [1.29, 1.82) is 0 Å². The standard InChI is InChI=1S/C10H16N4O/c1-8-7-11-4-6-14(8)10(15)9-3-5-13(2)12-9/h3,5,8,11H,4,6-7H2,1-2H3. The molecule has 0 aliphatic carbocycles. The van der Waals surface area contributed by atoms with E-state index in [9.17, 15) is 4.79 Å². The monoisotopic (exact) mass is 208 g/mol. The third kappa shape index (κ3) is 2.02. The molecule has 1 aromatic rings. The average Bonchev–Trinajstić information content (AvgIpc) is 2.65. The van der Waals surface area contributed by atoms with Gasteiger partial charge in [-0.2, -0.15) is 5.10 Å². The van der Waals surface area contributed by atoms with E-state index >= 15 is 0 Å². The Labute approximate surface area is 89.1 Å². The van der Waals surface area contributed by atoms with E-state index in [1.807, 2.05) is 18.9 Å². The summed E-state index contributed by atoms with van der Waals surface area (Å²) < 4.78 is 1.65. The third-order valence-corrected chi connectivity index (χ3v) is 2.69. The van der Waals surface area contributed by atoms with Gasteiger partial charge in [0, 0.05) is 38.9 Å². The van der Waals surface area contributed by atoms with Crippen molar-refractivity contribution in [3.8, 4) is 0 Å². The van der Waals surface area contributed by atoms with Gasteiger partial charge in [-0.25, -0.2) is 0 Å². The van der Waals surface area contributed by atoms with Gasteiger partial charge in [0.05, 0.1) is 0 Å². The molecule has 5 heteroatoms. The van der Waals surface area contributed by atoms with Gasteiger partial charge in [-0.05, 0) is 13.0 Å². The number of piperazine rings is 1. The quantitative estimate of drug-likeness (QED) is 0.698. The molecule has 0 saturated carbocycles. The Morgan fingerprint density at radius 3 is 3.07 bits per heavy atom. The highest BCUT2D eigenvalue weighted by Gasteiger charge is 2.25. The number of hydrogen-bond donors (Lipinski definition) is 1. The highest BCUT2D eigenvalue weighted by molar-refractivity contribution is 5.92. The van der Waals surface area contributed by atoms with E-state index in [1.54, 1.807) is 16.9 Å². The maximum Gasteiger partial charge on any atom is 0.274 e. The molecule has 1 fully saturated rings. The summed E-state index contributed by atoms with van der Waals surface area (Å²) in [6.07, 6.45) is 1.79. The van der Waals surface area contributed by atoms with E-state index in [0.717, 1.165) is 19.6 Å². The molecule has 82 valence electrons. The van der Waals surface area contributed by atoms with Crippen molar-refractivity contribution < 1.29 is 4.79 Å². The molecular formula is C10H16N4O. The van der Waals surface area contributed by atoms with Crippen LogP contribution >= 0.6 is 0 Å². The molecule has 1 atom stereocenters. The molecule has 1 aliphatic heterocycles. The van der Waals surface area contributed by atoms with Gasteiger partial charge in [0.25, 0.3) is 5.91 Å². The average molecular weight is 208 g/mol. The summed E-state index contributed by atoms with van der Waals surface area (Å²) in [7, 11) is 1.82. The van der Waals surface area contributed by atoms with Crippen molar-refractivity contribution in [3.05, 3.63) is 18.0 Å². The molecule has 2 rings (SSSR count). The van der Waals surface area contributed by atoms with Gasteiger partial charge in [0.1, 0.15) is 5.69 Å². The number of carbonyl (C=O) groups excluding carboxylic acids is 1. The normalized spacial score (nSPS) is 21.7. The molecule has 0 radical (unpaired) electrons. The van der Waals surface area contributed by atoms with Crippen LogP contribution in [0.25, 0.3) is 0 Å². The molecule has 5 nitrogen and oxygen atoms in total. The van der Waals surface area contributed by atoms with E-state index in [2.05, 4.69) is 10.4 Å². The summed E-state index contributed by atoms with van der Waals surface area (Å²) >= 11 is 0. The van der Waals surface area contributed by atoms with Crippen molar-refractivity contribution in [1.82, 2.24) is 20.0 Å². The second-order valence-electron chi connectivity index (χ2n) is 3.93. The fraction of sp³-hybridized carbons (Fsp3) is 0.600. The van der Waals surface area contributed by atoms with Gasteiger partial charge >= 0.3 is 0 Å². The van der Waals surface area contributed by atoms with Crippen LogP contribution in [0.5, 0.6) is 0 Å². The fourth-order valence-electron chi connectivity index (χ4n) is 1.82. The smallest absolute Gasteiger partial charge is 0.274 e. The maximum atomic E-state index is 12.0. The van der Waals surface area contributed by atoms with E-state index in [4.69, 9.17) is 0 Å². The van der Waals surface area contributed by atoms with Crippen LogP contribution in [0.15, 0.2) is 12.3 Å². The fourth-order valence-corrected chi connectivity index (χ4v) is 1.82. The van der Waals surface area contributed by atoms with Crippen molar-refractivity contribution in [2.75, 3.05) is 19.6 Å².